The van der Waals surface area contributed by atoms with Crippen molar-refractivity contribution in [2.24, 2.45) is 11.8 Å². The van der Waals surface area contributed by atoms with Gasteiger partial charge in [-0.2, -0.15) is 0 Å². The van der Waals surface area contributed by atoms with Crippen LogP contribution in [0, 0.1) is 11.8 Å². The number of imide groups is 1. The van der Waals surface area contributed by atoms with Gasteiger partial charge in [0.1, 0.15) is 0 Å². The molecule has 8 nitrogen and oxygen atoms in total. The van der Waals surface area contributed by atoms with Crippen molar-refractivity contribution < 1.29 is 23.9 Å². The van der Waals surface area contributed by atoms with Gasteiger partial charge in [-0.05, 0) is 18.4 Å². The smallest absolute Gasteiger partial charge is 0.321 e. The Bertz CT molecular complexity index is 720. The van der Waals surface area contributed by atoms with Crippen molar-refractivity contribution in [2.45, 2.75) is 33.2 Å². The minimum atomic E-state index is -0.714. The molecular formula is C20H27N3O5. The zero-order valence-electron chi connectivity index (χ0n) is 16.4. The Balaban J connectivity index is 1.79. The van der Waals surface area contributed by atoms with Gasteiger partial charge in [0.2, 0.25) is 5.91 Å². The lowest BCUT2D eigenvalue weighted by atomic mass is 10.1. The molecule has 0 aliphatic carbocycles. The molecule has 1 aliphatic rings. The van der Waals surface area contributed by atoms with E-state index >= 15 is 0 Å². The van der Waals surface area contributed by atoms with Crippen molar-refractivity contribution in [3.8, 4) is 0 Å². The maximum Gasteiger partial charge on any atom is 0.321 e. The van der Waals surface area contributed by atoms with Crippen LogP contribution >= 0.6 is 0 Å². The van der Waals surface area contributed by atoms with Crippen LogP contribution in [-0.4, -0.2) is 48.4 Å². The number of rotatable bonds is 7. The Morgan fingerprint density at radius 2 is 1.86 bits per heavy atom. The summed E-state index contributed by atoms with van der Waals surface area (Å²) in [5, 5.41) is 4.63. The van der Waals surface area contributed by atoms with Gasteiger partial charge in [-0.3, -0.25) is 19.7 Å². The molecule has 152 valence electrons. The van der Waals surface area contributed by atoms with Crippen molar-refractivity contribution in [1.29, 1.82) is 0 Å². The highest BCUT2D eigenvalue weighted by atomic mass is 16.5. The zero-order chi connectivity index (χ0) is 20.7. The number of esters is 1. The molecule has 4 amide bonds. The summed E-state index contributed by atoms with van der Waals surface area (Å²) in [5.74, 6) is -1.83. The number of nitrogens with zero attached hydrogens (tertiary/aromatic N) is 1. The summed E-state index contributed by atoms with van der Waals surface area (Å²) >= 11 is 0. The predicted molar refractivity (Wildman–Crippen MR) is 102 cm³/mol. The van der Waals surface area contributed by atoms with Gasteiger partial charge in [-0.25, -0.2) is 4.79 Å². The van der Waals surface area contributed by atoms with E-state index in [2.05, 4.69) is 10.6 Å². The van der Waals surface area contributed by atoms with E-state index in [0.29, 0.717) is 6.54 Å². The number of ether oxygens (including phenoxy) is 1. The minimum Gasteiger partial charge on any atom is -0.455 e. The molecule has 1 saturated heterocycles. The molecule has 0 unspecified atom stereocenters. The second-order valence-corrected chi connectivity index (χ2v) is 7.29. The van der Waals surface area contributed by atoms with Crippen LogP contribution in [0.4, 0.5) is 4.79 Å². The van der Waals surface area contributed by atoms with Crippen molar-refractivity contribution >= 4 is 23.8 Å². The molecule has 2 N–H and O–H groups in total. The highest BCUT2D eigenvalue weighted by molar-refractivity contribution is 5.96. The molecule has 0 radical (unpaired) electrons. The van der Waals surface area contributed by atoms with Crippen LogP contribution in [0.3, 0.4) is 0 Å². The van der Waals surface area contributed by atoms with E-state index in [1.807, 2.05) is 51.1 Å². The number of urea groups is 1. The Kier molecular flexibility index (Phi) is 7.54. The second-order valence-electron chi connectivity index (χ2n) is 7.29. The number of hydrogen-bond acceptors (Lipinski definition) is 5. The molecule has 1 aromatic carbocycles. The summed E-state index contributed by atoms with van der Waals surface area (Å²) in [7, 11) is 0. The maximum atomic E-state index is 12.3. The number of hydrogen-bond donors (Lipinski definition) is 2. The monoisotopic (exact) mass is 389 g/mol. The summed E-state index contributed by atoms with van der Waals surface area (Å²) in [6, 6.07) is 8.77. The van der Waals surface area contributed by atoms with Crippen molar-refractivity contribution in [3.05, 3.63) is 35.9 Å². The first-order valence-corrected chi connectivity index (χ1v) is 9.36. The molecule has 1 aliphatic heterocycles. The van der Waals surface area contributed by atoms with Gasteiger partial charge in [0.25, 0.3) is 5.91 Å². The fourth-order valence-electron chi connectivity index (χ4n) is 2.93. The average molecular weight is 389 g/mol. The number of carbonyl (C=O) groups is 4. The van der Waals surface area contributed by atoms with Gasteiger partial charge in [-0.15, -0.1) is 0 Å². The fourth-order valence-corrected chi connectivity index (χ4v) is 2.93. The van der Waals surface area contributed by atoms with E-state index in [4.69, 9.17) is 4.74 Å². The van der Waals surface area contributed by atoms with Crippen molar-refractivity contribution in [3.63, 3.8) is 0 Å². The summed E-state index contributed by atoms with van der Waals surface area (Å²) in [5.41, 5.74) is 0.983. The Hall–Kier alpha value is -2.90. The third kappa shape index (κ3) is 6.07. The van der Waals surface area contributed by atoms with E-state index in [9.17, 15) is 19.2 Å². The van der Waals surface area contributed by atoms with E-state index in [0.717, 1.165) is 5.56 Å². The van der Waals surface area contributed by atoms with Gasteiger partial charge in [-0.1, -0.05) is 44.2 Å². The molecule has 0 saturated carbocycles. The molecule has 1 fully saturated rings. The molecule has 28 heavy (non-hydrogen) atoms. The first kappa shape index (κ1) is 21.4. The van der Waals surface area contributed by atoms with Crippen LogP contribution in [0.5, 0.6) is 0 Å². The maximum absolute atomic E-state index is 12.3. The van der Waals surface area contributed by atoms with Crippen molar-refractivity contribution in [2.75, 3.05) is 19.7 Å². The van der Waals surface area contributed by atoms with Crippen LogP contribution in [0.15, 0.2) is 30.3 Å². The Morgan fingerprint density at radius 3 is 2.50 bits per heavy atom. The molecule has 0 bridgehead atoms. The fraction of sp³-hybridized carbons (Fsp3) is 0.500. The van der Waals surface area contributed by atoms with Crippen molar-refractivity contribution in [1.82, 2.24) is 15.5 Å². The van der Waals surface area contributed by atoms with Gasteiger partial charge in [0.05, 0.1) is 12.0 Å². The zero-order valence-corrected chi connectivity index (χ0v) is 16.4. The third-order valence-electron chi connectivity index (χ3n) is 4.51. The van der Waals surface area contributed by atoms with Crippen LogP contribution in [0.25, 0.3) is 0 Å². The van der Waals surface area contributed by atoms with Gasteiger partial charge >= 0.3 is 12.0 Å². The van der Waals surface area contributed by atoms with Crippen LogP contribution in [0.2, 0.25) is 0 Å². The highest BCUT2D eigenvalue weighted by Crippen LogP contribution is 2.28. The van der Waals surface area contributed by atoms with Gasteiger partial charge in [0, 0.05) is 19.5 Å². The molecule has 0 aromatic heterocycles. The lowest BCUT2D eigenvalue weighted by Crippen LogP contribution is -2.42. The Labute approximate surface area is 164 Å². The number of nitrogens with one attached hydrogen (secondary N) is 2. The summed E-state index contributed by atoms with van der Waals surface area (Å²) in [6.07, 6.45) is 0.0481. The summed E-state index contributed by atoms with van der Waals surface area (Å²) in [6.45, 7) is 5.86. The number of amides is 4. The second kappa shape index (κ2) is 9.87. The average Bonchev–Trinajstić information content (AvgIpc) is 3.06. The topological polar surface area (TPSA) is 105 Å². The molecule has 1 heterocycles. The molecule has 8 heteroatoms. The number of likely N-dealkylation sites (tertiary alicyclic amines) is 1. The first-order valence-electron chi connectivity index (χ1n) is 9.36. The van der Waals surface area contributed by atoms with E-state index in [1.165, 1.54) is 0 Å². The van der Waals surface area contributed by atoms with Crippen LogP contribution < -0.4 is 10.6 Å². The van der Waals surface area contributed by atoms with E-state index in [-0.39, 0.29) is 30.8 Å². The molecule has 2 atom stereocenters. The molecule has 0 spiro atoms. The summed E-state index contributed by atoms with van der Waals surface area (Å²) < 4.78 is 4.99. The lowest BCUT2D eigenvalue weighted by molar-refractivity contribution is -0.152. The van der Waals surface area contributed by atoms with E-state index in [1.54, 1.807) is 4.90 Å². The highest BCUT2D eigenvalue weighted by Gasteiger charge is 2.38. The number of carbonyl (C=O) groups excluding carboxylic acids is 4. The lowest BCUT2D eigenvalue weighted by Gasteiger charge is -2.25. The van der Waals surface area contributed by atoms with Gasteiger partial charge in [0.15, 0.2) is 6.61 Å². The van der Waals surface area contributed by atoms with Crippen LogP contribution in [-0.2, 0) is 19.1 Å². The predicted octanol–water partition coefficient (Wildman–Crippen LogP) is 1.62. The quantitative estimate of drug-likeness (QED) is 0.690. The Morgan fingerprint density at radius 1 is 1.18 bits per heavy atom. The summed E-state index contributed by atoms with van der Waals surface area (Å²) in [4.78, 5) is 49.4. The normalized spacial score (nSPS) is 17.4. The standard InChI is InChI=1S/C20H27N3O5/c1-13(2)10-21-20(27)22-17(24)12-28-19(26)16-9-18(25)23(11-16)14(3)15-7-5-4-6-8-15/h4-8,13-14,16H,9-12H2,1-3H3,(H2,21,22,24,27)/t14-,16-/m1/s1. The van der Waals surface area contributed by atoms with Gasteiger partial charge < -0.3 is 15.0 Å². The third-order valence-corrected chi connectivity index (χ3v) is 4.51. The number of benzene rings is 1. The first-order chi connectivity index (χ1) is 13.3. The molecular weight excluding hydrogens is 362 g/mol. The SMILES string of the molecule is CC(C)CNC(=O)NC(=O)COC(=O)[C@@H]1CC(=O)N([C@H](C)c2ccccc2)C1. The molecule has 1 aromatic rings. The minimum absolute atomic E-state index is 0.0481. The largest absolute Gasteiger partial charge is 0.455 e. The van der Waals surface area contributed by atoms with Crippen LogP contribution in [0.1, 0.15) is 38.8 Å². The van der Waals surface area contributed by atoms with E-state index < -0.39 is 30.4 Å². The molecule has 2 rings (SSSR count).